The van der Waals surface area contributed by atoms with Crippen molar-refractivity contribution in [2.24, 2.45) is 0 Å². The van der Waals surface area contributed by atoms with Crippen molar-refractivity contribution < 1.29 is 18.3 Å². The summed E-state index contributed by atoms with van der Waals surface area (Å²) in [7, 11) is -3.90. The Kier molecular flexibility index (Phi) is 9.12. The third kappa shape index (κ3) is 7.36. The molecule has 34 heavy (non-hydrogen) atoms. The number of carboxylic acids is 1. The zero-order valence-corrected chi connectivity index (χ0v) is 20.0. The molecule has 0 amide bonds. The second-order valence-electron chi connectivity index (χ2n) is 7.98. The molecule has 180 valence electrons. The number of nitrogens with zero attached hydrogens (tertiary/aromatic N) is 3. The van der Waals surface area contributed by atoms with Gasteiger partial charge >= 0.3 is 5.97 Å². The van der Waals surface area contributed by atoms with Gasteiger partial charge in [-0.3, -0.25) is 4.79 Å². The molecule has 0 fully saturated rings. The van der Waals surface area contributed by atoms with E-state index in [0.29, 0.717) is 11.5 Å². The highest BCUT2D eigenvalue weighted by Gasteiger charge is 2.26. The SMILES string of the molecule is CCCCCc1ccc(CN(Cc2cccc(NCC(=O)O)n2)S(=O)(=O)c2ccccn2)cc1. The first-order chi connectivity index (χ1) is 16.4. The van der Waals surface area contributed by atoms with E-state index in [1.54, 1.807) is 30.3 Å². The van der Waals surface area contributed by atoms with Crippen molar-refractivity contribution in [3.05, 3.63) is 83.7 Å². The number of aromatic nitrogens is 2. The van der Waals surface area contributed by atoms with Crippen molar-refractivity contribution in [2.75, 3.05) is 11.9 Å². The molecule has 0 aliphatic rings. The standard InChI is InChI=1S/C25H30N4O4S/c1-2-3-4-8-20-12-14-21(15-13-20)18-29(34(32,33)24-11-5-6-16-26-24)19-22-9-7-10-23(28-22)27-17-25(30)31/h5-7,9-16H,2-4,8,17-19H2,1H3,(H,27,28)(H,30,31). The number of anilines is 1. The highest BCUT2D eigenvalue weighted by atomic mass is 32.2. The molecule has 0 aliphatic carbocycles. The molecule has 0 saturated heterocycles. The van der Waals surface area contributed by atoms with Gasteiger partial charge in [0.15, 0.2) is 5.03 Å². The Hall–Kier alpha value is -3.30. The molecular weight excluding hydrogens is 452 g/mol. The first kappa shape index (κ1) is 25.3. The lowest BCUT2D eigenvalue weighted by atomic mass is 10.1. The fraction of sp³-hybridized carbons (Fsp3) is 0.320. The average Bonchev–Trinajstić information content (AvgIpc) is 2.84. The predicted molar refractivity (Wildman–Crippen MR) is 131 cm³/mol. The smallest absolute Gasteiger partial charge is 0.322 e. The van der Waals surface area contributed by atoms with Gasteiger partial charge in [0.2, 0.25) is 0 Å². The van der Waals surface area contributed by atoms with Gasteiger partial charge in [-0.2, -0.15) is 4.31 Å². The van der Waals surface area contributed by atoms with Crippen molar-refractivity contribution >= 4 is 21.8 Å². The van der Waals surface area contributed by atoms with Gasteiger partial charge in [0.1, 0.15) is 12.4 Å². The summed E-state index contributed by atoms with van der Waals surface area (Å²) in [6.45, 7) is 2.06. The minimum Gasteiger partial charge on any atom is -0.480 e. The van der Waals surface area contributed by atoms with E-state index in [2.05, 4.69) is 22.2 Å². The van der Waals surface area contributed by atoms with Crippen LogP contribution < -0.4 is 5.32 Å². The molecule has 2 aromatic heterocycles. The summed E-state index contributed by atoms with van der Waals surface area (Å²) in [6, 6.07) is 17.8. The molecule has 1 aromatic carbocycles. The average molecular weight is 483 g/mol. The fourth-order valence-corrected chi connectivity index (χ4v) is 4.80. The quantitative estimate of drug-likeness (QED) is 0.353. The van der Waals surface area contributed by atoms with Gasteiger partial charge in [-0.05, 0) is 48.2 Å². The van der Waals surface area contributed by atoms with Gasteiger partial charge in [0.25, 0.3) is 10.0 Å². The molecule has 0 atom stereocenters. The highest BCUT2D eigenvalue weighted by Crippen LogP contribution is 2.20. The van der Waals surface area contributed by atoms with Crippen LogP contribution in [0, 0.1) is 0 Å². The number of unbranched alkanes of at least 4 members (excludes halogenated alkanes) is 2. The normalized spacial score (nSPS) is 11.5. The Labute approximate surface area is 200 Å². The largest absolute Gasteiger partial charge is 0.480 e. The number of nitrogens with one attached hydrogen (secondary N) is 1. The van der Waals surface area contributed by atoms with Gasteiger partial charge in [-0.15, -0.1) is 0 Å². The summed E-state index contributed by atoms with van der Waals surface area (Å²) in [5.41, 5.74) is 2.58. The molecule has 9 heteroatoms. The number of aliphatic carboxylic acids is 1. The van der Waals surface area contributed by atoms with Crippen LogP contribution in [0.25, 0.3) is 0 Å². The molecule has 0 radical (unpaired) electrons. The summed E-state index contributed by atoms with van der Waals surface area (Å²) in [6.07, 6.45) is 5.94. The maximum Gasteiger partial charge on any atom is 0.322 e. The zero-order chi connectivity index (χ0) is 24.4. The number of carboxylic acid groups (broad SMARTS) is 1. The van der Waals surface area contributed by atoms with Crippen LogP contribution in [0.5, 0.6) is 0 Å². The van der Waals surface area contributed by atoms with Crippen LogP contribution in [-0.2, 0) is 34.3 Å². The van der Waals surface area contributed by atoms with Gasteiger partial charge in [-0.25, -0.2) is 18.4 Å². The van der Waals surface area contributed by atoms with E-state index in [-0.39, 0.29) is 24.7 Å². The number of sulfonamides is 1. The van der Waals surface area contributed by atoms with Crippen LogP contribution in [0.4, 0.5) is 5.82 Å². The van der Waals surface area contributed by atoms with Gasteiger partial charge in [-0.1, -0.05) is 56.2 Å². The number of benzene rings is 1. The Morgan fingerprint density at radius 3 is 2.41 bits per heavy atom. The summed E-state index contributed by atoms with van der Waals surface area (Å²) >= 11 is 0. The Morgan fingerprint density at radius 1 is 0.971 bits per heavy atom. The van der Waals surface area contributed by atoms with Gasteiger partial charge in [0.05, 0.1) is 12.2 Å². The second kappa shape index (κ2) is 12.2. The van der Waals surface area contributed by atoms with Crippen molar-refractivity contribution in [3.63, 3.8) is 0 Å². The van der Waals surface area contributed by atoms with Crippen molar-refractivity contribution in [2.45, 2.75) is 50.7 Å². The number of carbonyl (C=O) groups is 1. The summed E-state index contributed by atoms with van der Waals surface area (Å²) < 4.78 is 28.2. The maximum atomic E-state index is 13.4. The van der Waals surface area contributed by atoms with E-state index in [9.17, 15) is 13.2 Å². The number of rotatable bonds is 13. The topological polar surface area (TPSA) is 112 Å². The van der Waals surface area contributed by atoms with Crippen LogP contribution in [0.15, 0.2) is 71.9 Å². The predicted octanol–water partition coefficient (Wildman–Crippen LogP) is 4.10. The molecule has 0 unspecified atom stereocenters. The second-order valence-corrected chi connectivity index (χ2v) is 9.86. The van der Waals surface area contributed by atoms with E-state index >= 15 is 0 Å². The monoisotopic (exact) mass is 482 g/mol. The van der Waals surface area contributed by atoms with E-state index in [1.807, 2.05) is 24.3 Å². The molecule has 8 nitrogen and oxygen atoms in total. The molecule has 3 rings (SSSR count). The molecule has 3 aromatic rings. The fourth-order valence-electron chi connectivity index (χ4n) is 3.46. The number of hydrogen-bond donors (Lipinski definition) is 2. The molecule has 2 N–H and O–H groups in total. The van der Waals surface area contributed by atoms with Crippen LogP contribution in [-0.4, -0.2) is 40.3 Å². The lowest BCUT2D eigenvalue weighted by Gasteiger charge is -2.22. The summed E-state index contributed by atoms with van der Waals surface area (Å²) in [5, 5.41) is 11.6. The van der Waals surface area contributed by atoms with E-state index in [1.165, 1.54) is 35.0 Å². The summed E-state index contributed by atoms with van der Waals surface area (Å²) in [5.74, 6) is -0.642. The molecule has 0 aliphatic heterocycles. The third-order valence-corrected chi connectivity index (χ3v) is 6.97. The minimum absolute atomic E-state index is 0.0136. The molecule has 0 spiro atoms. The van der Waals surface area contributed by atoms with Crippen LogP contribution in [0.1, 0.15) is 43.0 Å². The van der Waals surface area contributed by atoms with Gasteiger partial charge < -0.3 is 10.4 Å². The van der Waals surface area contributed by atoms with Crippen molar-refractivity contribution in [1.29, 1.82) is 0 Å². The molecule has 0 saturated carbocycles. The van der Waals surface area contributed by atoms with Crippen LogP contribution in [0.3, 0.4) is 0 Å². The molecule has 0 bridgehead atoms. The lowest BCUT2D eigenvalue weighted by Crippen LogP contribution is -2.31. The van der Waals surface area contributed by atoms with Gasteiger partial charge in [0, 0.05) is 12.7 Å². The first-order valence-electron chi connectivity index (χ1n) is 11.3. The lowest BCUT2D eigenvalue weighted by molar-refractivity contribution is -0.134. The first-order valence-corrected chi connectivity index (χ1v) is 12.7. The van der Waals surface area contributed by atoms with E-state index in [4.69, 9.17) is 5.11 Å². The Bertz CT molecular complexity index is 1170. The molecular formula is C25H30N4O4S. The number of aryl methyl sites for hydroxylation is 1. The number of hydrogen-bond acceptors (Lipinski definition) is 6. The third-order valence-electron chi connectivity index (χ3n) is 5.26. The Morgan fingerprint density at radius 2 is 1.74 bits per heavy atom. The van der Waals surface area contributed by atoms with Crippen molar-refractivity contribution in [1.82, 2.24) is 14.3 Å². The highest BCUT2D eigenvalue weighted by molar-refractivity contribution is 7.89. The van der Waals surface area contributed by atoms with Crippen LogP contribution >= 0.6 is 0 Å². The van der Waals surface area contributed by atoms with E-state index in [0.717, 1.165) is 18.4 Å². The summed E-state index contributed by atoms with van der Waals surface area (Å²) in [4.78, 5) is 19.3. The van der Waals surface area contributed by atoms with Crippen LogP contribution in [0.2, 0.25) is 0 Å². The zero-order valence-electron chi connectivity index (χ0n) is 19.2. The van der Waals surface area contributed by atoms with E-state index < -0.39 is 16.0 Å². The molecule has 2 heterocycles. The Balaban J connectivity index is 1.83. The minimum atomic E-state index is -3.90. The van der Waals surface area contributed by atoms with Crippen molar-refractivity contribution in [3.8, 4) is 0 Å². The maximum absolute atomic E-state index is 13.4. The number of pyridine rings is 2.